The van der Waals surface area contributed by atoms with E-state index in [2.05, 4.69) is 22.7 Å². The highest BCUT2D eigenvalue weighted by Crippen LogP contribution is 2.19. The van der Waals surface area contributed by atoms with E-state index in [4.69, 9.17) is 5.73 Å². The first-order valence-corrected chi connectivity index (χ1v) is 4.39. The lowest BCUT2D eigenvalue weighted by Gasteiger charge is -2.01. The van der Waals surface area contributed by atoms with Crippen molar-refractivity contribution in [3.63, 3.8) is 0 Å². The Morgan fingerprint density at radius 1 is 1.64 bits per heavy atom. The van der Waals surface area contributed by atoms with Crippen LogP contribution >= 0.6 is 12.2 Å². The smallest absolute Gasteiger partial charge is 0.184 e. The number of nitrogens with one attached hydrogen (secondary N) is 1. The summed E-state index contributed by atoms with van der Waals surface area (Å²) in [4.78, 5) is 0. The molecule has 0 radical (unpaired) electrons. The third-order valence-electron chi connectivity index (χ3n) is 1.65. The van der Waals surface area contributed by atoms with Gasteiger partial charge < -0.3 is 10.8 Å². The molecular formula is C9H11N3OS. The van der Waals surface area contributed by atoms with E-state index in [1.54, 1.807) is 6.07 Å². The molecule has 5 heteroatoms. The van der Waals surface area contributed by atoms with E-state index in [1.165, 1.54) is 6.21 Å². The van der Waals surface area contributed by atoms with E-state index in [9.17, 15) is 5.11 Å². The molecule has 0 aliphatic heterocycles. The number of nitrogens with zero attached hydrogens (tertiary/aromatic N) is 1. The molecule has 14 heavy (non-hydrogen) atoms. The van der Waals surface area contributed by atoms with Gasteiger partial charge in [-0.15, -0.1) is 0 Å². The van der Waals surface area contributed by atoms with Gasteiger partial charge in [0.1, 0.15) is 5.75 Å². The molecule has 0 heterocycles. The maximum absolute atomic E-state index is 9.58. The fourth-order valence-corrected chi connectivity index (χ4v) is 1.00. The summed E-state index contributed by atoms with van der Waals surface area (Å²) in [7, 11) is 0. The molecule has 0 saturated carbocycles. The summed E-state index contributed by atoms with van der Waals surface area (Å²) in [5.74, 6) is 0.209. The first-order chi connectivity index (χ1) is 6.61. The van der Waals surface area contributed by atoms with Gasteiger partial charge in [0.15, 0.2) is 5.11 Å². The van der Waals surface area contributed by atoms with Gasteiger partial charge in [-0.3, -0.25) is 5.43 Å². The van der Waals surface area contributed by atoms with Crippen molar-refractivity contribution < 1.29 is 5.11 Å². The zero-order valence-electron chi connectivity index (χ0n) is 7.69. The molecule has 0 aromatic heterocycles. The fraction of sp³-hybridized carbons (Fsp3) is 0.111. The number of phenolic OH excluding ortho intramolecular Hbond substituents is 1. The van der Waals surface area contributed by atoms with Crippen molar-refractivity contribution in [1.29, 1.82) is 0 Å². The van der Waals surface area contributed by atoms with Crippen LogP contribution < -0.4 is 11.2 Å². The van der Waals surface area contributed by atoms with Gasteiger partial charge in [0.05, 0.1) is 6.21 Å². The average molecular weight is 209 g/mol. The van der Waals surface area contributed by atoms with Crippen molar-refractivity contribution in [3.05, 3.63) is 29.3 Å². The second kappa shape index (κ2) is 4.57. The summed E-state index contributed by atoms with van der Waals surface area (Å²) in [6, 6.07) is 5.39. The molecule has 74 valence electrons. The topological polar surface area (TPSA) is 70.6 Å². The van der Waals surface area contributed by atoms with Crippen LogP contribution in [0.25, 0.3) is 0 Å². The number of hydrogen-bond donors (Lipinski definition) is 3. The Bertz CT molecular complexity index is 376. The molecule has 0 aliphatic carbocycles. The largest absolute Gasteiger partial charge is 0.507 e. The van der Waals surface area contributed by atoms with Gasteiger partial charge in [-0.25, -0.2) is 0 Å². The van der Waals surface area contributed by atoms with E-state index >= 15 is 0 Å². The number of aromatic hydroxyl groups is 1. The van der Waals surface area contributed by atoms with Crippen LogP contribution in [0.4, 0.5) is 0 Å². The van der Waals surface area contributed by atoms with Crippen molar-refractivity contribution in [1.82, 2.24) is 5.43 Å². The maximum Gasteiger partial charge on any atom is 0.184 e. The highest BCUT2D eigenvalue weighted by atomic mass is 32.1. The molecule has 0 spiro atoms. The van der Waals surface area contributed by atoms with Gasteiger partial charge in [-0.1, -0.05) is 12.1 Å². The van der Waals surface area contributed by atoms with Crippen LogP contribution in [0, 0.1) is 6.92 Å². The lowest BCUT2D eigenvalue weighted by Crippen LogP contribution is -2.23. The van der Waals surface area contributed by atoms with Gasteiger partial charge in [0.25, 0.3) is 0 Å². The van der Waals surface area contributed by atoms with Crippen LogP contribution in [-0.4, -0.2) is 16.4 Å². The average Bonchev–Trinajstić information content (AvgIpc) is 2.12. The Morgan fingerprint density at radius 2 is 2.36 bits per heavy atom. The molecule has 1 aromatic rings. The SMILES string of the molecule is Cc1cccc(C=NNC(N)=S)c1O. The third-order valence-corrected chi connectivity index (χ3v) is 1.74. The predicted octanol–water partition coefficient (Wildman–Crippen LogP) is 0.868. The summed E-state index contributed by atoms with van der Waals surface area (Å²) in [5.41, 5.74) is 8.99. The summed E-state index contributed by atoms with van der Waals surface area (Å²) < 4.78 is 0. The number of aryl methyl sites for hydroxylation is 1. The Balaban J connectivity index is 2.81. The Hall–Kier alpha value is -1.62. The number of para-hydroxylation sites is 1. The molecule has 0 saturated heterocycles. The predicted molar refractivity (Wildman–Crippen MR) is 60.4 cm³/mol. The van der Waals surface area contributed by atoms with E-state index in [0.29, 0.717) is 5.56 Å². The van der Waals surface area contributed by atoms with Crippen molar-refractivity contribution in [2.45, 2.75) is 6.92 Å². The Kier molecular flexibility index (Phi) is 3.41. The molecule has 0 aliphatic rings. The monoisotopic (exact) mass is 209 g/mol. The third kappa shape index (κ3) is 2.70. The van der Waals surface area contributed by atoms with Gasteiger partial charge in [-0.05, 0) is 30.8 Å². The van der Waals surface area contributed by atoms with Crippen LogP contribution in [0.2, 0.25) is 0 Å². The number of nitrogens with two attached hydrogens (primary N) is 1. The quantitative estimate of drug-likeness (QED) is 0.384. The minimum atomic E-state index is 0.0911. The van der Waals surface area contributed by atoms with Gasteiger partial charge >= 0.3 is 0 Å². The number of rotatable bonds is 2. The number of hydrogen-bond acceptors (Lipinski definition) is 3. The lowest BCUT2D eigenvalue weighted by atomic mass is 10.1. The number of phenols is 1. The number of hydrazone groups is 1. The minimum Gasteiger partial charge on any atom is -0.507 e. The second-order valence-electron chi connectivity index (χ2n) is 2.75. The lowest BCUT2D eigenvalue weighted by molar-refractivity contribution is 0.470. The minimum absolute atomic E-state index is 0.0911. The summed E-state index contributed by atoms with van der Waals surface area (Å²) in [6.07, 6.45) is 1.46. The van der Waals surface area contributed by atoms with Crippen molar-refractivity contribution >= 4 is 23.5 Å². The first-order valence-electron chi connectivity index (χ1n) is 3.98. The van der Waals surface area contributed by atoms with E-state index in [-0.39, 0.29) is 10.9 Å². The molecule has 0 bridgehead atoms. The highest BCUT2D eigenvalue weighted by molar-refractivity contribution is 7.80. The van der Waals surface area contributed by atoms with E-state index < -0.39 is 0 Å². The Labute approximate surface area is 87.4 Å². The Morgan fingerprint density at radius 3 is 3.00 bits per heavy atom. The van der Waals surface area contributed by atoms with Gasteiger partial charge in [0.2, 0.25) is 0 Å². The molecule has 0 amide bonds. The van der Waals surface area contributed by atoms with Crippen LogP contribution in [-0.2, 0) is 0 Å². The van der Waals surface area contributed by atoms with Crippen LogP contribution in [0.5, 0.6) is 5.75 Å². The second-order valence-corrected chi connectivity index (χ2v) is 3.19. The van der Waals surface area contributed by atoms with Crippen molar-refractivity contribution in [2.75, 3.05) is 0 Å². The van der Waals surface area contributed by atoms with Gasteiger partial charge in [0, 0.05) is 5.56 Å². The summed E-state index contributed by atoms with van der Waals surface area (Å²) in [6.45, 7) is 1.81. The maximum atomic E-state index is 9.58. The normalized spacial score (nSPS) is 10.4. The standard InChI is InChI=1S/C9H11N3OS/c1-6-3-2-4-7(8(6)13)5-11-12-9(10)14/h2-5,13H,1H3,(H3,10,12,14). The highest BCUT2D eigenvalue weighted by Gasteiger charge is 1.99. The fourth-order valence-electron chi connectivity index (χ4n) is 0.951. The molecule has 4 N–H and O–H groups in total. The number of thiocarbonyl (C=S) groups is 1. The molecule has 1 rings (SSSR count). The summed E-state index contributed by atoms with van der Waals surface area (Å²) in [5, 5.41) is 13.4. The zero-order chi connectivity index (χ0) is 10.6. The van der Waals surface area contributed by atoms with Crippen LogP contribution in [0.3, 0.4) is 0 Å². The number of benzene rings is 1. The molecule has 4 nitrogen and oxygen atoms in total. The first kappa shape index (κ1) is 10.5. The summed E-state index contributed by atoms with van der Waals surface area (Å²) >= 11 is 4.56. The molecule has 1 aromatic carbocycles. The van der Waals surface area contributed by atoms with Gasteiger partial charge in [-0.2, -0.15) is 5.10 Å². The van der Waals surface area contributed by atoms with Crippen molar-refractivity contribution in [2.24, 2.45) is 10.8 Å². The molecule has 0 fully saturated rings. The zero-order valence-corrected chi connectivity index (χ0v) is 8.51. The van der Waals surface area contributed by atoms with Crippen molar-refractivity contribution in [3.8, 4) is 5.75 Å². The van der Waals surface area contributed by atoms with Crippen LogP contribution in [0.1, 0.15) is 11.1 Å². The molecule has 0 unspecified atom stereocenters. The van der Waals surface area contributed by atoms with E-state index in [1.807, 2.05) is 19.1 Å². The van der Waals surface area contributed by atoms with Crippen LogP contribution in [0.15, 0.2) is 23.3 Å². The van der Waals surface area contributed by atoms with E-state index in [0.717, 1.165) is 5.56 Å². The molecule has 0 atom stereocenters. The molecular weight excluding hydrogens is 198 g/mol.